The number of hydrogen-bond donors (Lipinski definition) is 1. The number of likely N-dealkylation sites (tertiary alicyclic amines) is 1. The Kier molecular flexibility index (Phi) is 4.62. The molecule has 2 heterocycles. The lowest BCUT2D eigenvalue weighted by molar-refractivity contribution is 0.0789. The van der Waals surface area contributed by atoms with Gasteiger partial charge in [-0.15, -0.1) is 0 Å². The molecule has 2 atom stereocenters. The predicted molar refractivity (Wildman–Crippen MR) is 66.7 cm³/mol. The Morgan fingerprint density at radius 2 is 2.19 bits per heavy atom. The molecule has 2 aliphatic rings. The molecule has 94 valence electrons. The zero-order valence-corrected chi connectivity index (χ0v) is 10.7. The molecule has 0 radical (unpaired) electrons. The fraction of sp³-hybridized carbons (Fsp3) is 1.00. The summed E-state index contributed by atoms with van der Waals surface area (Å²) in [5.74, 6) is 0. The smallest absolute Gasteiger partial charge is 0.0622 e. The summed E-state index contributed by atoms with van der Waals surface area (Å²) in [6, 6.07) is 2.03. The van der Waals surface area contributed by atoms with Crippen molar-refractivity contribution >= 4 is 0 Å². The molecule has 0 amide bonds. The van der Waals surface area contributed by atoms with Crippen LogP contribution >= 0.6 is 0 Å². The Morgan fingerprint density at radius 3 is 2.88 bits per heavy atom. The van der Waals surface area contributed by atoms with Gasteiger partial charge in [0.15, 0.2) is 0 Å². The number of piperidine rings is 1. The summed E-state index contributed by atoms with van der Waals surface area (Å²) in [6.45, 7) is 8.80. The number of ether oxygens (including phenoxy) is 1. The monoisotopic (exact) mass is 226 g/mol. The van der Waals surface area contributed by atoms with Crippen LogP contribution in [0.3, 0.4) is 0 Å². The molecule has 2 aliphatic heterocycles. The summed E-state index contributed by atoms with van der Waals surface area (Å²) in [5.41, 5.74) is 0. The second kappa shape index (κ2) is 5.99. The van der Waals surface area contributed by atoms with E-state index in [0.717, 1.165) is 25.8 Å². The van der Waals surface area contributed by atoms with Crippen LogP contribution in [0, 0.1) is 0 Å². The van der Waals surface area contributed by atoms with E-state index in [2.05, 4.69) is 24.1 Å². The zero-order valence-electron chi connectivity index (χ0n) is 10.7. The van der Waals surface area contributed by atoms with Crippen molar-refractivity contribution in [1.29, 1.82) is 0 Å². The van der Waals surface area contributed by atoms with E-state index in [1.165, 1.54) is 32.2 Å². The van der Waals surface area contributed by atoms with E-state index in [9.17, 15) is 0 Å². The topological polar surface area (TPSA) is 24.5 Å². The van der Waals surface area contributed by atoms with Crippen LogP contribution in [0.4, 0.5) is 0 Å². The highest BCUT2D eigenvalue weighted by atomic mass is 16.5. The lowest BCUT2D eigenvalue weighted by Crippen LogP contribution is -2.51. The fourth-order valence-electron chi connectivity index (χ4n) is 2.88. The highest BCUT2D eigenvalue weighted by molar-refractivity contribution is 4.86. The van der Waals surface area contributed by atoms with E-state index in [4.69, 9.17) is 4.74 Å². The molecule has 16 heavy (non-hydrogen) atoms. The molecule has 0 aromatic rings. The molecule has 3 heteroatoms. The summed E-state index contributed by atoms with van der Waals surface area (Å²) in [6.07, 6.45) is 5.36. The van der Waals surface area contributed by atoms with Crippen molar-refractivity contribution < 1.29 is 4.74 Å². The standard InChI is InChI=1S/C13H26N2O/c1-11(2)14-9-12-5-3-4-7-15(12)13-6-8-16-10-13/h11-14H,3-10H2,1-2H3. The summed E-state index contributed by atoms with van der Waals surface area (Å²) in [7, 11) is 0. The predicted octanol–water partition coefficient (Wildman–Crippen LogP) is 1.63. The van der Waals surface area contributed by atoms with Crippen molar-refractivity contribution in [2.75, 3.05) is 26.3 Å². The van der Waals surface area contributed by atoms with Gasteiger partial charge in [0, 0.05) is 31.3 Å². The number of nitrogens with one attached hydrogen (secondary N) is 1. The fourth-order valence-corrected chi connectivity index (χ4v) is 2.88. The Labute approximate surface area is 99.5 Å². The van der Waals surface area contributed by atoms with Crippen molar-refractivity contribution in [3.8, 4) is 0 Å². The van der Waals surface area contributed by atoms with Gasteiger partial charge in [0.2, 0.25) is 0 Å². The van der Waals surface area contributed by atoms with Crippen LogP contribution in [-0.2, 0) is 4.74 Å². The SMILES string of the molecule is CC(C)NCC1CCCCN1C1CCOC1. The highest BCUT2D eigenvalue weighted by Gasteiger charge is 2.30. The van der Waals surface area contributed by atoms with Gasteiger partial charge in [0.1, 0.15) is 0 Å². The Hall–Kier alpha value is -0.120. The van der Waals surface area contributed by atoms with Gasteiger partial charge in [-0.2, -0.15) is 0 Å². The minimum atomic E-state index is 0.601. The normalized spacial score (nSPS) is 32.4. The summed E-state index contributed by atoms with van der Waals surface area (Å²) < 4.78 is 5.52. The third-order valence-electron chi connectivity index (χ3n) is 3.81. The molecule has 2 fully saturated rings. The largest absolute Gasteiger partial charge is 0.380 e. The zero-order chi connectivity index (χ0) is 11.4. The molecular weight excluding hydrogens is 200 g/mol. The second-order valence-electron chi connectivity index (χ2n) is 5.47. The first kappa shape index (κ1) is 12.3. The van der Waals surface area contributed by atoms with E-state index in [0.29, 0.717) is 12.1 Å². The van der Waals surface area contributed by atoms with Gasteiger partial charge in [0.05, 0.1) is 6.61 Å². The van der Waals surface area contributed by atoms with Gasteiger partial charge in [-0.25, -0.2) is 0 Å². The molecule has 0 saturated carbocycles. The lowest BCUT2D eigenvalue weighted by Gasteiger charge is -2.39. The maximum atomic E-state index is 5.52. The van der Waals surface area contributed by atoms with Crippen molar-refractivity contribution in [2.24, 2.45) is 0 Å². The number of nitrogens with zero attached hydrogens (tertiary/aromatic N) is 1. The molecule has 2 saturated heterocycles. The summed E-state index contributed by atoms with van der Waals surface area (Å²) >= 11 is 0. The Morgan fingerprint density at radius 1 is 1.31 bits per heavy atom. The van der Waals surface area contributed by atoms with Crippen molar-refractivity contribution in [2.45, 2.75) is 57.7 Å². The minimum absolute atomic E-state index is 0.601. The van der Waals surface area contributed by atoms with Crippen LogP contribution in [0.15, 0.2) is 0 Å². The van der Waals surface area contributed by atoms with Crippen molar-refractivity contribution in [1.82, 2.24) is 10.2 Å². The Balaban J connectivity index is 1.85. The first-order chi connectivity index (χ1) is 7.77. The molecule has 0 aliphatic carbocycles. The summed E-state index contributed by atoms with van der Waals surface area (Å²) in [4.78, 5) is 2.70. The first-order valence-electron chi connectivity index (χ1n) is 6.84. The van der Waals surface area contributed by atoms with Crippen LogP contribution in [0.5, 0.6) is 0 Å². The number of rotatable bonds is 4. The van der Waals surface area contributed by atoms with Gasteiger partial charge < -0.3 is 10.1 Å². The van der Waals surface area contributed by atoms with Crippen molar-refractivity contribution in [3.05, 3.63) is 0 Å². The van der Waals surface area contributed by atoms with Crippen LogP contribution in [0.2, 0.25) is 0 Å². The molecule has 1 N–H and O–H groups in total. The molecule has 0 aromatic heterocycles. The van der Waals surface area contributed by atoms with Crippen LogP contribution in [0.1, 0.15) is 39.5 Å². The van der Waals surface area contributed by atoms with E-state index in [1.54, 1.807) is 0 Å². The van der Waals surface area contributed by atoms with E-state index < -0.39 is 0 Å². The lowest BCUT2D eigenvalue weighted by atomic mass is 9.99. The minimum Gasteiger partial charge on any atom is -0.380 e. The van der Waals surface area contributed by atoms with Crippen LogP contribution in [0.25, 0.3) is 0 Å². The molecule has 2 unspecified atom stereocenters. The third kappa shape index (κ3) is 3.19. The van der Waals surface area contributed by atoms with E-state index >= 15 is 0 Å². The molecule has 0 aromatic carbocycles. The van der Waals surface area contributed by atoms with E-state index in [1.807, 2.05) is 0 Å². The van der Waals surface area contributed by atoms with E-state index in [-0.39, 0.29) is 0 Å². The van der Waals surface area contributed by atoms with Gasteiger partial charge in [-0.1, -0.05) is 20.3 Å². The maximum absolute atomic E-state index is 5.52. The molecule has 3 nitrogen and oxygen atoms in total. The maximum Gasteiger partial charge on any atom is 0.0622 e. The molecular formula is C13H26N2O. The Bertz CT molecular complexity index is 202. The second-order valence-corrected chi connectivity index (χ2v) is 5.47. The molecule has 2 rings (SSSR count). The van der Waals surface area contributed by atoms with Gasteiger partial charge >= 0.3 is 0 Å². The van der Waals surface area contributed by atoms with Gasteiger partial charge in [-0.05, 0) is 25.8 Å². The third-order valence-corrected chi connectivity index (χ3v) is 3.81. The average Bonchev–Trinajstić information content (AvgIpc) is 2.80. The number of hydrogen-bond acceptors (Lipinski definition) is 3. The van der Waals surface area contributed by atoms with Gasteiger partial charge in [-0.3, -0.25) is 4.90 Å². The highest BCUT2D eigenvalue weighted by Crippen LogP contribution is 2.23. The van der Waals surface area contributed by atoms with Gasteiger partial charge in [0.25, 0.3) is 0 Å². The van der Waals surface area contributed by atoms with Crippen molar-refractivity contribution in [3.63, 3.8) is 0 Å². The summed E-state index contributed by atoms with van der Waals surface area (Å²) in [5, 5.41) is 3.59. The molecule has 0 bridgehead atoms. The molecule has 0 spiro atoms. The quantitative estimate of drug-likeness (QED) is 0.788. The van der Waals surface area contributed by atoms with Crippen LogP contribution < -0.4 is 5.32 Å². The van der Waals surface area contributed by atoms with Crippen LogP contribution in [-0.4, -0.2) is 49.3 Å². The average molecular weight is 226 g/mol. The first-order valence-corrected chi connectivity index (χ1v) is 6.84.